The van der Waals surface area contributed by atoms with Crippen molar-refractivity contribution in [3.8, 4) is 11.5 Å². The molecule has 0 heterocycles. The van der Waals surface area contributed by atoms with E-state index >= 15 is 0 Å². The molecule has 0 aliphatic rings. The van der Waals surface area contributed by atoms with Gasteiger partial charge in [0.05, 0.1) is 11.4 Å². The van der Waals surface area contributed by atoms with Crippen molar-refractivity contribution < 1.29 is 9.78 Å². The second kappa shape index (κ2) is 4.44. The first kappa shape index (κ1) is 10.2. The fourth-order valence-corrected chi connectivity index (χ4v) is 1.20. The van der Waals surface area contributed by atoms with Crippen molar-refractivity contribution in [3.05, 3.63) is 48.5 Å². The van der Waals surface area contributed by atoms with Gasteiger partial charge in [-0.25, -0.2) is 0 Å². The van der Waals surface area contributed by atoms with Crippen molar-refractivity contribution in [1.29, 1.82) is 0 Å². The van der Waals surface area contributed by atoms with E-state index in [-0.39, 0.29) is 0 Å². The van der Waals surface area contributed by atoms with Gasteiger partial charge in [-0.3, -0.25) is 9.78 Å². The van der Waals surface area contributed by atoms with Crippen molar-refractivity contribution in [2.75, 3.05) is 11.5 Å². The summed E-state index contributed by atoms with van der Waals surface area (Å²) in [4.78, 5) is 10.2. The first-order chi connectivity index (χ1) is 7.77. The van der Waals surface area contributed by atoms with E-state index in [0.717, 1.165) is 0 Å². The molecule has 2 aromatic carbocycles. The van der Waals surface area contributed by atoms with Crippen LogP contribution in [0.5, 0.6) is 11.5 Å². The van der Waals surface area contributed by atoms with E-state index in [1.807, 2.05) is 24.3 Å². The maximum absolute atomic E-state index is 5.69. The molecule has 0 atom stereocenters. The molecule has 0 aliphatic heterocycles. The SMILES string of the molecule is Nc1ccccc1OOc1ccccc1N. The molecule has 0 fully saturated rings. The van der Waals surface area contributed by atoms with Crippen LogP contribution in [0.1, 0.15) is 0 Å². The van der Waals surface area contributed by atoms with E-state index in [1.165, 1.54) is 0 Å². The Hall–Kier alpha value is -2.36. The van der Waals surface area contributed by atoms with Crippen molar-refractivity contribution in [2.24, 2.45) is 0 Å². The zero-order valence-electron chi connectivity index (χ0n) is 8.59. The molecule has 0 saturated carbocycles. The van der Waals surface area contributed by atoms with E-state index in [1.54, 1.807) is 24.3 Å². The van der Waals surface area contributed by atoms with Gasteiger partial charge in [0.1, 0.15) is 0 Å². The topological polar surface area (TPSA) is 70.5 Å². The fourth-order valence-electron chi connectivity index (χ4n) is 1.20. The van der Waals surface area contributed by atoms with E-state index in [2.05, 4.69) is 0 Å². The second-order valence-electron chi connectivity index (χ2n) is 3.24. The van der Waals surface area contributed by atoms with E-state index in [4.69, 9.17) is 21.2 Å². The fraction of sp³-hybridized carbons (Fsp3) is 0. The van der Waals surface area contributed by atoms with Gasteiger partial charge < -0.3 is 11.5 Å². The minimum absolute atomic E-state index is 0.464. The van der Waals surface area contributed by atoms with E-state index < -0.39 is 0 Å². The highest BCUT2D eigenvalue weighted by atomic mass is 17.2. The monoisotopic (exact) mass is 216 g/mol. The van der Waals surface area contributed by atoms with Gasteiger partial charge >= 0.3 is 0 Å². The molecule has 0 aliphatic carbocycles. The van der Waals surface area contributed by atoms with Crippen molar-refractivity contribution in [3.63, 3.8) is 0 Å². The average molecular weight is 216 g/mol. The first-order valence-electron chi connectivity index (χ1n) is 4.81. The Kier molecular flexibility index (Phi) is 2.82. The number of anilines is 2. The summed E-state index contributed by atoms with van der Waals surface area (Å²) < 4.78 is 0. The zero-order chi connectivity index (χ0) is 11.4. The molecular weight excluding hydrogens is 204 g/mol. The number of nitrogen functional groups attached to an aromatic ring is 2. The second-order valence-corrected chi connectivity index (χ2v) is 3.24. The molecule has 0 unspecified atom stereocenters. The Morgan fingerprint density at radius 3 is 1.38 bits per heavy atom. The van der Waals surface area contributed by atoms with Crippen molar-refractivity contribution in [1.82, 2.24) is 0 Å². The lowest BCUT2D eigenvalue weighted by Gasteiger charge is -2.08. The van der Waals surface area contributed by atoms with Crippen LogP contribution in [0.3, 0.4) is 0 Å². The summed E-state index contributed by atoms with van der Waals surface area (Å²) in [6, 6.07) is 14.1. The molecule has 0 amide bonds. The maximum atomic E-state index is 5.69. The molecule has 4 N–H and O–H groups in total. The maximum Gasteiger partial charge on any atom is 0.201 e. The molecule has 4 heteroatoms. The Morgan fingerprint density at radius 2 is 1.00 bits per heavy atom. The standard InChI is InChI=1S/C12H12N2O2/c13-9-5-1-3-7-11(9)15-16-12-8-4-2-6-10(12)14/h1-8H,13-14H2. The summed E-state index contributed by atoms with van der Waals surface area (Å²) in [5.74, 6) is 0.927. The summed E-state index contributed by atoms with van der Waals surface area (Å²) in [5, 5.41) is 0. The molecular formula is C12H12N2O2. The normalized spacial score (nSPS) is 9.75. The highest BCUT2D eigenvalue weighted by Crippen LogP contribution is 2.24. The van der Waals surface area contributed by atoms with Gasteiger partial charge in [0.25, 0.3) is 0 Å². The third kappa shape index (κ3) is 2.17. The number of hydrogen-bond donors (Lipinski definition) is 2. The van der Waals surface area contributed by atoms with Gasteiger partial charge in [0.15, 0.2) is 0 Å². The predicted molar refractivity (Wildman–Crippen MR) is 63.0 cm³/mol. The molecule has 0 aromatic heterocycles. The van der Waals surface area contributed by atoms with Crippen LogP contribution in [0.4, 0.5) is 11.4 Å². The Balaban J connectivity index is 2.09. The van der Waals surface area contributed by atoms with Crippen LogP contribution in [0.15, 0.2) is 48.5 Å². The van der Waals surface area contributed by atoms with Gasteiger partial charge in [-0.05, 0) is 24.3 Å². The molecule has 16 heavy (non-hydrogen) atoms. The molecule has 0 spiro atoms. The van der Waals surface area contributed by atoms with E-state index in [0.29, 0.717) is 22.9 Å². The molecule has 2 aromatic rings. The van der Waals surface area contributed by atoms with Gasteiger partial charge in [-0.2, -0.15) is 0 Å². The van der Waals surface area contributed by atoms with Gasteiger partial charge in [0, 0.05) is 0 Å². The minimum atomic E-state index is 0.464. The first-order valence-corrected chi connectivity index (χ1v) is 4.81. The largest absolute Gasteiger partial charge is 0.396 e. The lowest BCUT2D eigenvalue weighted by molar-refractivity contribution is -0.0983. The summed E-state index contributed by atoms with van der Waals surface area (Å²) in [6.45, 7) is 0. The molecule has 0 saturated heterocycles. The summed E-state index contributed by atoms with van der Waals surface area (Å²) in [7, 11) is 0. The predicted octanol–water partition coefficient (Wildman–Crippen LogP) is 2.22. The number of para-hydroxylation sites is 4. The number of nitrogens with two attached hydrogens (primary N) is 2. The van der Waals surface area contributed by atoms with Crippen LogP contribution in [0.2, 0.25) is 0 Å². The Labute approximate surface area is 93.3 Å². The number of benzene rings is 2. The highest BCUT2D eigenvalue weighted by Gasteiger charge is 2.03. The van der Waals surface area contributed by atoms with Gasteiger partial charge in [-0.15, -0.1) is 0 Å². The number of rotatable bonds is 3. The highest BCUT2D eigenvalue weighted by molar-refractivity contribution is 5.53. The van der Waals surface area contributed by atoms with Crippen LogP contribution < -0.4 is 21.2 Å². The smallest absolute Gasteiger partial charge is 0.201 e. The van der Waals surface area contributed by atoms with Gasteiger partial charge in [-0.1, -0.05) is 24.3 Å². The number of hydrogen-bond acceptors (Lipinski definition) is 4. The molecule has 4 nitrogen and oxygen atoms in total. The van der Waals surface area contributed by atoms with Crippen molar-refractivity contribution >= 4 is 11.4 Å². The Morgan fingerprint density at radius 1 is 0.625 bits per heavy atom. The molecule has 82 valence electrons. The molecule has 2 rings (SSSR count). The summed E-state index contributed by atoms with van der Waals surface area (Å²) in [5.41, 5.74) is 12.4. The summed E-state index contributed by atoms with van der Waals surface area (Å²) >= 11 is 0. The van der Waals surface area contributed by atoms with Gasteiger partial charge in [0.2, 0.25) is 11.5 Å². The van der Waals surface area contributed by atoms with Crippen LogP contribution in [0, 0.1) is 0 Å². The summed E-state index contributed by atoms with van der Waals surface area (Å²) in [6.07, 6.45) is 0. The third-order valence-electron chi connectivity index (χ3n) is 2.06. The quantitative estimate of drug-likeness (QED) is 0.469. The average Bonchev–Trinajstić information content (AvgIpc) is 2.30. The van der Waals surface area contributed by atoms with Crippen LogP contribution in [-0.2, 0) is 0 Å². The van der Waals surface area contributed by atoms with Crippen molar-refractivity contribution in [2.45, 2.75) is 0 Å². The third-order valence-corrected chi connectivity index (χ3v) is 2.06. The van der Waals surface area contributed by atoms with Crippen LogP contribution in [-0.4, -0.2) is 0 Å². The molecule has 0 bridgehead atoms. The molecule has 0 radical (unpaired) electrons. The Bertz CT molecular complexity index is 440. The minimum Gasteiger partial charge on any atom is -0.396 e. The van der Waals surface area contributed by atoms with Crippen LogP contribution in [0.25, 0.3) is 0 Å². The van der Waals surface area contributed by atoms with Crippen LogP contribution >= 0.6 is 0 Å². The zero-order valence-corrected chi connectivity index (χ0v) is 8.59. The lowest BCUT2D eigenvalue weighted by Crippen LogP contribution is -2.04. The van der Waals surface area contributed by atoms with E-state index in [9.17, 15) is 0 Å². The lowest BCUT2D eigenvalue weighted by atomic mass is 10.3.